The molecule has 1 N–H and O–H groups in total. The van der Waals surface area contributed by atoms with Gasteiger partial charge in [-0.1, -0.05) is 6.07 Å². The van der Waals surface area contributed by atoms with Gasteiger partial charge in [-0.15, -0.1) is 0 Å². The summed E-state index contributed by atoms with van der Waals surface area (Å²) in [7, 11) is 1.72. The maximum atomic E-state index is 13.0. The van der Waals surface area contributed by atoms with Crippen LogP contribution in [0.15, 0.2) is 54.9 Å². The van der Waals surface area contributed by atoms with Gasteiger partial charge in [0.1, 0.15) is 29.4 Å². The third kappa shape index (κ3) is 4.95. The fraction of sp³-hybridized carbons (Fsp3) is 0.423. The molecule has 0 saturated carbocycles. The zero-order valence-electron chi connectivity index (χ0n) is 20.0. The summed E-state index contributed by atoms with van der Waals surface area (Å²) in [6.07, 6.45) is 5.78. The number of nitrogens with zero attached hydrogens (tertiary/aromatic N) is 5. The number of carbonyl (C=O) groups is 2. The van der Waals surface area contributed by atoms with Crippen molar-refractivity contribution in [2.45, 2.75) is 24.9 Å². The van der Waals surface area contributed by atoms with Crippen LogP contribution in [0.4, 0.5) is 5.82 Å². The minimum atomic E-state index is -0.997. The molecule has 2 saturated heterocycles. The number of β-amino-alcohol motifs (C(OH)–C–C–N with tert-alkyl or cyclic N) is 1. The molecule has 0 spiro atoms. The molecule has 2 aliphatic rings. The van der Waals surface area contributed by atoms with Crippen molar-refractivity contribution < 1.29 is 19.4 Å². The number of hydrogen-bond donors (Lipinski definition) is 1. The SMILES string of the molecule is CN(C[C@@]1(O)CCN(c2cccc3nccn23)C1)C(=O)c1ccc(OCCN2CCCC2=O)cc1. The van der Waals surface area contributed by atoms with Crippen molar-refractivity contribution in [2.75, 3.05) is 51.3 Å². The molecule has 184 valence electrons. The lowest BCUT2D eigenvalue weighted by molar-refractivity contribution is -0.128. The Morgan fingerprint density at radius 2 is 2.03 bits per heavy atom. The molecule has 0 aliphatic carbocycles. The molecule has 1 aromatic carbocycles. The van der Waals surface area contributed by atoms with Gasteiger partial charge in [-0.3, -0.25) is 14.0 Å². The highest BCUT2D eigenvalue weighted by Gasteiger charge is 2.38. The number of imidazole rings is 1. The van der Waals surface area contributed by atoms with E-state index in [1.165, 1.54) is 0 Å². The summed E-state index contributed by atoms with van der Waals surface area (Å²) in [6.45, 7) is 3.18. The number of hydrogen-bond acceptors (Lipinski definition) is 6. The lowest BCUT2D eigenvalue weighted by Gasteiger charge is -2.29. The first-order valence-electron chi connectivity index (χ1n) is 12.1. The van der Waals surface area contributed by atoms with Crippen LogP contribution in [0.2, 0.25) is 0 Å². The number of likely N-dealkylation sites (tertiary alicyclic amines) is 1. The monoisotopic (exact) mass is 477 g/mol. The van der Waals surface area contributed by atoms with E-state index in [4.69, 9.17) is 4.74 Å². The lowest BCUT2D eigenvalue weighted by Crippen LogP contribution is -2.46. The van der Waals surface area contributed by atoms with E-state index in [-0.39, 0.29) is 18.4 Å². The van der Waals surface area contributed by atoms with Crippen molar-refractivity contribution in [3.05, 3.63) is 60.4 Å². The van der Waals surface area contributed by atoms with E-state index in [9.17, 15) is 14.7 Å². The van der Waals surface area contributed by atoms with Crippen LogP contribution in [-0.2, 0) is 4.79 Å². The molecular formula is C26H31N5O4. The maximum Gasteiger partial charge on any atom is 0.253 e. The molecule has 2 aliphatic heterocycles. The van der Waals surface area contributed by atoms with E-state index >= 15 is 0 Å². The first-order chi connectivity index (χ1) is 16.9. The van der Waals surface area contributed by atoms with Crippen LogP contribution in [0, 0.1) is 0 Å². The Morgan fingerprint density at radius 3 is 2.80 bits per heavy atom. The highest BCUT2D eigenvalue weighted by Crippen LogP contribution is 2.28. The number of benzene rings is 1. The van der Waals surface area contributed by atoms with Crippen LogP contribution in [0.25, 0.3) is 5.65 Å². The quantitative estimate of drug-likeness (QED) is 0.534. The van der Waals surface area contributed by atoms with Gasteiger partial charge in [0, 0.05) is 51.1 Å². The summed E-state index contributed by atoms with van der Waals surface area (Å²) in [4.78, 5) is 34.5. The van der Waals surface area contributed by atoms with Gasteiger partial charge in [-0.25, -0.2) is 4.98 Å². The summed E-state index contributed by atoms with van der Waals surface area (Å²) >= 11 is 0. The minimum Gasteiger partial charge on any atom is -0.492 e. The first-order valence-corrected chi connectivity index (χ1v) is 12.1. The molecule has 3 aromatic rings. The normalized spacial score (nSPS) is 20.1. The summed E-state index contributed by atoms with van der Waals surface area (Å²) in [6, 6.07) is 12.9. The molecular weight excluding hydrogens is 446 g/mol. The van der Waals surface area contributed by atoms with Crippen molar-refractivity contribution in [1.29, 1.82) is 0 Å². The summed E-state index contributed by atoms with van der Waals surface area (Å²) in [5.74, 6) is 1.68. The topological polar surface area (TPSA) is 90.6 Å². The molecule has 5 rings (SSSR count). The molecule has 9 heteroatoms. The van der Waals surface area contributed by atoms with E-state index in [1.54, 1.807) is 42.4 Å². The van der Waals surface area contributed by atoms with Gasteiger partial charge >= 0.3 is 0 Å². The molecule has 2 fully saturated rings. The van der Waals surface area contributed by atoms with Gasteiger partial charge in [0.25, 0.3) is 5.91 Å². The number of carbonyl (C=O) groups excluding carboxylic acids is 2. The van der Waals surface area contributed by atoms with Crippen LogP contribution in [0.5, 0.6) is 5.75 Å². The number of rotatable bonds is 8. The van der Waals surface area contributed by atoms with E-state index in [0.717, 1.165) is 24.4 Å². The Hall–Kier alpha value is -3.59. The van der Waals surface area contributed by atoms with Crippen molar-refractivity contribution >= 4 is 23.3 Å². The Labute approximate surface area is 204 Å². The number of amides is 2. The number of ether oxygens (including phenoxy) is 1. The Balaban J connectivity index is 1.15. The van der Waals surface area contributed by atoms with Gasteiger partial charge in [0.2, 0.25) is 5.91 Å². The standard InChI is InChI=1S/C26H31N5O4/c1-28(18-26(34)11-14-30(19-26)23-5-2-4-22-27-12-15-31(22)23)25(33)20-7-9-21(10-8-20)35-17-16-29-13-3-6-24(29)32/h2,4-5,7-10,12,15,34H,3,6,11,13-14,16-19H2,1H3/t26-/m0/s1. The second-order valence-corrected chi connectivity index (χ2v) is 9.45. The van der Waals surface area contributed by atoms with Gasteiger partial charge in [0.15, 0.2) is 0 Å². The Morgan fingerprint density at radius 1 is 1.20 bits per heavy atom. The van der Waals surface area contributed by atoms with Gasteiger partial charge in [-0.05, 0) is 49.2 Å². The number of aliphatic hydroxyl groups is 1. The van der Waals surface area contributed by atoms with Crippen LogP contribution in [0.1, 0.15) is 29.6 Å². The number of fused-ring (bicyclic) bond motifs is 1. The first kappa shape index (κ1) is 23.2. The summed E-state index contributed by atoms with van der Waals surface area (Å²) in [5, 5.41) is 11.3. The highest BCUT2D eigenvalue weighted by atomic mass is 16.5. The number of pyridine rings is 1. The van der Waals surface area contributed by atoms with E-state index in [1.807, 2.05) is 33.7 Å². The summed E-state index contributed by atoms with van der Waals surface area (Å²) in [5.41, 5.74) is 0.404. The van der Waals surface area contributed by atoms with Gasteiger partial charge < -0.3 is 24.5 Å². The summed E-state index contributed by atoms with van der Waals surface area (Å²) < 4.78 is 7.75. The highest BCUT2D eigenvalue weighted by molar-refractivity contribution is 5.94. The number of aromatic nitrogens is 2. The zero-order valence-corrected chi connectivity index (χ0v) is 20.0. The largest absolute Gasteiger partial charge is 0.492 e. The van der Waals surface area contributed by atoms with E-state index in [0.29, 0.717) is 50.4 Å². The molecule has 0 radical (unpaired) electrons. The second kappa shape index (κ2) is 9.58. The molecule has 9 nitrogen and oxygen atoms in total. The average Bonchev–Trinajstić information content (AvgIpc) is 3.59. The lowest BCUT2D eigenvalue weighted by atomic mass is 10.0. The fourth-order valence-corrected chi connectivity index (χ4v) is 5.01. The third-order valence-corrected chi connectivity index (χ3v) is 6.84. The van der Waals surface area contributed by atoms with Crippen molar-refractivity contribution in [3.8, 4) is 5.75 Å². The zero-order chi connectivity index (χ0) is 24.4. The predicted octanol–water partition coefficient (Wildman–Crippen LogP) is 2.05. The predicted molar refractivity (Wildman–Crippen MR) is 132 cm³/mol. The van der Waals surface area contributed by atoms with Crippen LogP contribution >= 0.6 is 0 Å². The Kier molecular flexibility index (Phi) is 6.34. The molecule has 0 unspecified atom stereocenters. The Bertz CT molecular complexity index is 1210. The molecule has 2 aromatic heterocycles. The van der Waals surface area contributed by atoms with Crippen LogP contribution < -0.4 is 9.64 Å². The van der Waals surface area contributed by atoms with E-state index < -0.39 is 5.60 Å². The maximum absolute atomic E-state index is 13.0. The van der Waals surface area contributed by atoms with Crippen LogP contribution in [-0.4, -0.2) is 88.1 Å². The molecule has 1 atom stereocenters. The molecule has 35 heavy (non-hydrogen) atoms. The van der Waals surface area contributed by atoms with Crippen molar-refractivity contribution in [1.82, 2.24) is 19.2 Å². The molecule has 0 bridgehead atoms. The smallest absolute Gasteiger partial charge is 0.253 e. The number of likely N-dealkylation sites (N-methyl/N-ethyl adjacent to an activating group) is 1. The average molecular weight is 478 g/mol. The molecule has 2 amide bonds. The second-order valence-electron chi connectivity index (χ2n) is 9.45. The van der Waals surface area contributed by atoms with Crippen molar-refractivity contribution in [2.24, 2.45) is 0 Å². The van der Waals surface area contributed by atoms with E-state index in [2.05, 4.69) is 9.88 Å². The molecule has 4 heterocycles. The number of anilines is 1. The van der Waals surface area contributed by atoms with Crippen molar-refractivity contribution in [3.63, 3.8) is 0 Å². The third-order valence-electron chi connectivity index (χ3n) is 6.84. The van der Waals surface area contributed by atoms with Gasteiger partial charge in [-0.2, -0.15) is 0 Å². The van der Waals surface area contributed by atoms with Gasteiger partial charge in [0.05, 0.1) is 13.1 Å². The van der Waals surface area contributed by atoms with Crippen LogP contribution in [0.3, 0.4) is 0 Å². The minimum absolute atomic E-state index is 0.150. The fourth-order valence-electron chi connectivity index (χ4n) is 5.01.